The van der Waals surface area contributed by atoms with Gasteiger partial charge in [-0.05, 0) is 25.7 Å². The van der Waals surface area contributed by atoms with Crippen LogP contribution in [0, 0.1) is 0 Å². The van der Waals surface area contributed by atoms with Crippen LogP contribution in [-0.4, -0.2) is 36.1 Å². The Hall–Kier alpha value is -0.0800. The second kappa shape index (κ2) is 6.61. The van der Waals surface area contributed by atoms with Gasteiger partial charge < -0.3 is 5.32 Å². The fourth-order valence-corrected chi connectivity index (χ4v) is 3.22. The number of nitrogens with one attached hydrogen (secondary N) is 1. The third kappa shape index (κ3) is 2.98. The summed E-state index contributed by atoms with van der Waals surface area (Å²) in [6, 6.07) is 0.725. The van der Waals surface area contributed by atoms with E-state index in [4.69, 9.17) is 0 Å². The molecule has 0 aromatic heterocycles. The summed E-state index contributed by atoms with van der Waals surface area (Å²) in [6.45, 7) is 13.0. The molecule has 2 heteroatoms. The molecule has 2 nitrogen and oxygen atoms in total. The quantitative estimate of drug-likeness (QED) is 0.749. The van der Waals surface area contributed by atoms with Gasteiger partial charge >= 0.3 is 0 Å². The van der Waals surface area contributed by atoms with Crippen molar-refractivity contribution in [2.24, 2.45) is 0 Å². The highest BCUT2D eigenvalue weighted by Crippen LogP contribution is 2.29. The molecule has 1 aliphatic heterocycles. The van der Waals surface area contributed by atoms with Gasteiger partial charge in [-0.2, -0.15) is 0 Å². The molecule has 0 aromatic carbocycles. The number of hydrogen-bond donors (Lipinski definition) is 1. The molecule has 0 aliphatic carbocycles. The van der Waals surface area contributed by atoms with E-state index in [2.05, 4.69) is 37.9 Å². The Bertz CT molecular complexity index is 177. The maximum Gasteiger partial charge on any atom is 0.0202 e. The third-order valence-electron chi connectivity index (χ3n) is 4.54. The zero-order valence-electron chi connectivity index (χ0n) is 11.7. The van der Waals surface area contributed by atoms with Crippen LogP contribution in [0.25, 0.3) is 0 Å². The Morgan fingerprint density at radius 3 is 2.25 bits per heavy atom. The van der Waals surface area contributed by atoms with Crippen LogP contribution in [0.5, 0.6) is 0 Å². The first-order valence-corrected chi connectivity index (χ1v) is 7.20. The van der Waals surface area contributed by atoms with Gasteiger partial charge in [0.25, 0.3) is 0 Å². The van der Waals surface area contributed by atoms with Gasteiger partial charge in [0, 0.05) is 31.2 Å². The Balaban J connectivity index is 2.63. The molecule has 0 spiro atoms. The minimum Gasteiger partial charge on any atom is -0.311 e. The standard InChI is InChI=1S/C14H30N2/c1-5-9-13-12-16(11-10-15-13)14(6-2,7-3)8-4/h13,15H,5-12H2,1-4H3. The average molecular weight is 226 g/mol. The van der Waals surface area contributed by atoms with Crippen LogP contribution in [0.15, 0.2) is 0 Å². The zero-order valence-corrected chi connectivity index (χ0v) is 11.7. The first-order valence-electron chi connectivity index (χ1n) is 7.20. The molecule has 1 heterocycles. The highest BCUT2D eigenvalue weighted by atomic mass is 15.3. The Labute approximate surface area is 102 Å². The van der Waals surface area contributed by atoms with Crippen molar-refractivity contribution in [1.82, 2.24) is 10.2 Å². The summed E-state index contributed by atoms with van der Waals surface area (Å²) in [7, 11) is 0. The number of hydrogen-bond acceptors (Lipinski definition) is 2. The summed E-state index contributed by atoms with van der Waals surface area (Å²) in [5.41, 5.74) is 0.466. The maximum atomic E-state index is 3.65. The number of piperazine rings is 1. The van der Waals surface area contributed by atoms with Crippen molar-refractivity contribution < 1.29 is 0 Å². The zero-order chi connectivity index (χ0) is 12.0. The van der Waals surface area contributed by atoms with Crippen LogP contribution >= 0.6 is 0 Å². The highest BCUT2D eigenvalue weighted by Gasteiger charge is 2.34. The molecule has 1 rings (SSSR count). The minimum absolute atomic E-state index is 0.466. The lowest BCUT2D eigenvalue weighted by atomic mass is 9.86. The van der Waals surface area contributed by atoms with Gasteiger partial charge in [-0.15, -0.1) is 0 Å². The van der Waals surface area contributed by atoms with Crippen LogP contribution in [0.3, 0.4) is 0 Å². The number of rotatable bonds is 6. The molecule has 1 aliphatic rings. The second-order valence-corrected chi connectivity index (χ2v) is 5.17. The largest absolute Gasteiger partial charge is 0.311 e. The van der Waals surface area contributed by atoms with Crippen molar-refractivity contribution in [1.29, 1.82) is 0 Å². The molecule has 1 unspecified atom stereocenters. The van der Waals surface area contributed by atoms with E-state index in [9.17, 15) is 0 Å². The van der Waals surface area contributed by atoms with Gasteiger partial charge in [0.05, 0.1) is 0 Å². The van der Waals surface area contributed by atoms with Gasteiger partial charge in [0.2, 0.25) is 0 Å². The maximum absolute atomic E-state index is 3.65. The predicted molar refractivity (Wildman–Crippen MR) is 71.9 cm³/mol. The van der Waals surface area contributed by atoms with E-state index in [0.717, 1.165) is 6.04 Å². The van der Waals surface area contributed by atoms with Crippen LogP contribution in [0.4, 0.5) is 0 Å². The molecule has 16 heavy (non-hydrogen) atoms. The monoisotopic (exact) mass is 226 g/mol. The molecule has 0 amide bonds. The van der Waals surface area contributed by atoms with Crippen molar-refractivity contribution in [3.05, 3.63) is 0 Å². The predicted octanol–water partition coefficient (Wildman–Crippen LogP) is 3.03. The van der Waals surface area contributed by atoms with E-state index in [1.165, 1.54) is 51.7 Å². The summed E-state index contributed by atoms with van der Waals surface area (Å²) in [5, 5.41) is 3.65. The van der Waals surface area contributed by atoms with Crippen LogP contribution in [0.1, 0.15) is 59.8 Å². The smallest absolute Gasteiger partial charge is 0.0202 e. The van der Waals surface area contributed by atoms with Crippen LogP contribution < -0.4 is 5.32 Å². The summed E-state index contributed by atoms with van der Waals surface area (Å²) < 4.78 is 0. The van der Waals surface area contributed by atoms with E-state index < -0.39 is 0 Å². The highest BCUT2D eigenvalue weighted by molar-refractivity contribution is 4.92. The molecule has 1 fully saturated rings. The molecular weight excluding hydrogens is 196 g/mol. The van der Waals surface area contributed by atoms with Crippen LogP contribution in [0.2, 0.25) is 0 Å². The minimum atomic E-state index is 0.466. The normalized spacial score (nSPS) is 23.6. The SMILES string of the molecule is CCCC1CN(C(CC)(CC)CC)CCN1. The van der Waals surface area contributed by atoms with Gasteiger partial charge in [0.15, 0.2) is 0 Å². The lowest BCUT2D eigenvalue weighted by Crippen LogP contribution is -2.59. The molecule has 0 bridgehead atoms. The fraction of sp³-hybridized carbons (Fsp3) is 1.00. The molecule has 1 N–H and O–H groups in total. The van der Waals surface area contributed by atoms with Gasteiger partial charge in [-0.1, -0.05) is 34.1 Å². The Morgan fingerprint density at radius 2 is 1.75 bits per heavy atom. The molecule has 0 radical (unpaired) electrons. The Kier molecular flexibility index (Phi) is 5.77. The summed E-state index contributed by atoms with van der Waals surface area (Å²) in [5.74, 6) is 0. The molecule has 96 valence electrons. The first-order chi connectivity index (χ1) is 7.72. The average Bonchev–Trinajstić information content (AvgIpc) is 2.33. The molecule has 1 atom stereocenters. The third-order valence-corrected chi connectivity index (χ3v) is 4.54. The van der Waals surface area contributed by atoms with Gasteiger partial charge in [-0.3, -0.25) is 4.90 Å². The van der Waals surface area contributed by atoms with Crippen LogP contribution in [-0.2, 0) is 0 Å². The van der Waals surface area contributed by atoms with Crippen molar-refractivity contribution >= 4 is 0 Å². The van der Waals surface area contributed by atoms with Crippen molar-refractivity contribution in [2.75, 3.05) is 19.6 Å². The van der Waals surface area contributed by atoms with E-state index in [1.807, 2.05) is 0 Å². The van der Waals surface area contributed by atoms with Gasteiger partial charge in [0.1, 0.15) is 0 Å². The first kappa shape index (κ1) is 14.0. The molecule has 0 saturated carbocycles. The van der Waals surface area contributed by atoms with E-state index in [0.29, 0.717) is 5.54 Å². The van der Waals surface area contributed by atoms with E-state index >= 15 is 0 Å². The van der Waals surface area contributed by atoms with Crippen molar-refractivity contribution in [3.8, 4) is 0 Å². The van der Waals surface area contributed by atoms with Crippen molar-refractivity contribution in [3.63, 3.8) is 0 Å². The van der Waals surface area contributed by atoms with Crippen molar-refractivity contribution in [2.45, 2.75) is 71.4 Å². The molecular formula is C14H30N2. The lowest BCUT2D eigenvalue weighted by molar-refractivity contribution is 0.0432. The molecule has 0 aromatic rings. The topological polar surface area (TPSA) is 15.3 Å². The second-order valence-electron chi connectivity index (χ2n) is 5.17. The Morgan fingerprint density at radius 1 is 1.12 bits per heavy atom. The summed E-state index contributed by atoms with van der Waals surface area (Å²) in [4.78, 5) is 2.75. The fourth-order valence-electron chi connectivity index (χ4n) is 3.22. The van der Waals surface area contributed by atoms with Gasteiger partial charge in [-0.25, -0.2) is 0 Å². The molecule has 1 saturated heterocycles. The summed E-state index contributed by atoms with van der Waals surface area (Å²) >= 11 is 0. The van der Waals surface area contributed by atoms with E-state index in [1.54, 1.807) is 0 Å². The van der Waals surface area contributed by atoms with E-state index in [-0.39, 0.29) is 0 Å². The number of nitrogens with zero attached hydrogens (tertiary/aromatic N) is 1. The summed E-state index contributed by atoms with van der Waals surface area (Å²) in [6.07, 6.45) is 6.49. The lowest BCUT2D eigenvalue weighted by Gasteiger charge is -2.47.